The van der Waals surface area contributed by atoms with E-state index in [1.165, 1.54) is 50.7 Å². The van der Waals surface area contributed by atoms with Crippen molar-refractivity contribution in [3.63, 3.8) is 0 Å². The van der Waals surface area contributed by atoms with E-state index in [1.54, 1.807) is 21.9 Å². The SMILES string of the molecule is CCCCCCCCCCCC(=O)N(CC(=O)N(Cc1ccc(F)cc1)Cc1ccc(C)o1)C[C@H]1CCCO1. The number of hydrogen-bond donors (Lipinski definition) is 0. The molecule has 1 aliphatic heterocycles. The number of hydrogen-bond acceptors (Lipinski definition) is 4. The van der Waals surface area contributed by atoms with E-state index in [9.17, 15) is 14.0 Å². The van der Waals surface area contributed by atoms with Crippen LogP contribution >= 0.6 is 0 Å². The second-order valence-electron chi connectivity index (χ2n) is 10.9. The summed E-state index contributed by atoms with van der Waals surface area (Å²) in [7, 11) is 0. The largest absolute Gasteiger partial charge is 0.464 e. The summed E-state index contributed by atoms with van der Waals surface area (Å²) in [5.41, 5.74) is 0.819. The van der Waals surface area contributed by atoms with Crippen LogP contribution in [0.5, 0.6) is 0 Å². The molecule has 3 rings (SSSR count). The highest BCUT2D eigenvalue weighted by Crippen LogP contribution is 2.18. The van der Waals surface area contributed by atoms with Crippen molar-refractivity contribution in [2.24, 2.45) is 0 Å². The van der Waals surface area contributed by atoms with Gasteiger partial charge in [-0.15, -0.1) is 0 Å². The van der Waals surface area contributed by atoms with Gasteiger partial charge in [-0.25, -0.2) is 4.39 Å². The molecule has 2 aromatic rings. The Morgan fingerprint density at radius 1 is 0.872 bits per heavy atom. The highest BCUT2D eigenvalue weighted by Gasteiger charge is 2.26. The van der Waals surface area contributed by atoms with Crippen LogP contribution in [-0.4, -0.2) is 47.4 Å². The molecule has 0 radical (unpaired) electrons. The van der Waals surface area contributed by atoms with Crippen LogP contribution in [0.3, 0.4) is 0 Å². The van der Waals surface area contributed by atoms with Crippen LogP contribution < -0.4 is 0 Å². The molecule has 0 saturated carbocycles. The minimum Gasteiger partial charge on any atom is -0.464 e. The number of benzene rings is 1. The molecule has 1 fully saturated rings. The number of aryl methyl sites for hydroxylation is 1. The Labute approximate surface area is 233 Å². The third-order valence-electron chi connectivity index (χ3n) is 7.40. The summed E-state index contributed by atoms with van der Waals surface area (Å²) in [6.07, 6.45) is 13.0. The number of nitrogens with zero attached hydrogens (tertiary/aromatic N) is 2. The van der Waals surface area contributed by atoms with Gasteiger partial charge in [-0.1, -0.05) is 70.4 Å². The van der Waals surface area contributed by atoms with Gasteiger partial charge in [-0.3, -0.25) is 9.59 Å². The molecule has 1 saturated heterocycles. The molecular formula is C32H47FN2O4. The van der Waals surface area contributed by atoms with Gasteiger partial charge in [-0.05, 0) is 56.0 Å². The third kappa shape index (κ3) is 11.5. The zero-order chi connectivity index (χ0) is 27.9. The Morgan fingerprint density at radius 3 is 2.18 bits per heavy atom. The van der Waals surface area contributed by atoms with Crippen LogP contribution in [0.15, 0.2) is 40.8 Å². The smallest absolute Gasteiger partial charge is 0.242 e. The van der Waals surface area contributed by atoms with Crippen LogP contribution in [0.25, 0.3) is 0 Å². The molecule has 2 heterocycles. The van der Waals surface area contributed by atoms with Crippen molar-refractivity contribution in [2.45, 2.75) is 110 Å². The fourth-order valence-electron chi connectivity index (χ4n) is 5.10. The first-order valence-electron chi connectivity index (χ1n) is 14.9. The van der Waals surface area contributed by atoms with E-state index >= 15 is 0 Å². The lowest BCUT2D eigenvalue weighted by molar-refractivity contribution is -0.142. The maximum absolute atomic E-state index is 13.6. The van der Waals surface area contributed by atoms with Crippen molar-refractivity contribution in [2.75, 3.05) is 19.7 Å². The second-order valence-corrected chi connectivity index (χ2v) is 10.9. The minimum atomic E-state index is -0.317. The Bertz CT molecular complexity index is 984. The van der Waals surface area contributed by atoms with Crippen molar-refractivity contribution in [3.05, 3.63) is 59.3 Å². The molecule has 216 valence electrons. The Kier molecular flexibility index (Phi) is 13.5. The van der Waals surface area contributed by atoms with Crippen molar-refractivity contribution in [1.29, 1.82) is 0 Å². The van der Waals surface area contributed by atoms with Gasteiger partial charge in [0.05, 0.1) is 19.2 Å². The number of carbonyl (C=O) groups excluding carboxylic acids is 2. The van der Waals surface area contributed by atoms with Gasteiger partial charge >= 0.3 is 0 Å². The lowest BCUT2D eigenvalue weighted by Crippen LogP contribution is -2.45. The normalized spacial score (nSPS) is 15.0. The summed E-state index contributed by atoms with van der Waals surface area (Å²) in [6.45, 7) is 5.82. The molecule has 2 amide bonds. The summed E-state index contributed by atoms with van der Waals surface area (Å²) in [5, 5.41) is 0. The number of halogens is 1. The van der Waals surface area contributed by atoms with Crippen LogP contribution in [0.1, 0.15) is 101 Å². The van der Waals surface area contributed by atoms with E-state index in [4.69, 9.17) is 9.15 Å². The zero-order valence-corrected chi connectivity index (χ0v) is 24.0. The first-order chi connectivity index (χ1) is 18.9. The molecule has 1 aliphatic rings. The summed E-state index contributed by atoms with van der Waals surface area (Å²) in [4.78, 5) is 30.3. The molecule has 6 nitrogen and oxygen atoms in total. The molecular weight excluding hydrogens is 495 g/mol. The summed E-state index contributed by atoms with van der Waals surface area (Å²) >= 11 is 0. The van der Waals surface area contributed by atoms with Gasteiger partial charge in [0.2, 0.25) is 11.8 Å². The molecule has 0 N–H and O–H groups in total. The summed E-state index contributed by atoms with van der Waals surface area (Å²) in [5.74, 6) is 0.984. The fourth-order valence-corrected chi connectivity index (χ4v) is 5.10. The van der Waals surface area contributed by atoms with E-state index in [1.807, 2.05) is 19.1 Å². The predicted octanol–water partition coefficient (Wildman–Crippen LogP) is 7.18. The quantitative estimate of drug-likeness (QED) is 0.187. The van der Waals surface area contributed by atoms with Gasteiger partial charge in [-0.2, -0.15) is 0 Å². The maximum atomic E-state index is 13.6. The van der Waals surface area contributed by atoms with E-state index in [0.717, 1.165) is 43.4 Å². The van der Waals surface area contributed by atoms with Crippen LogP contribution in [0.2, 0.25) is 0 Å². The molecule has 39 heavy (non-hydrogen) atoms. The fraction of sp³-hybridized carbons (Fsp3) is 0.625. The lowest BCUT2D eigenvalue weighted by atomic mass is 10.1. The maximum Gasteiger partial charge on any atom is 0.242 e. The van der Waals surface area contributed by atoms with E-state index < -0.39 is 0 Å². The molecule has 7 heteroatoms. The van der Waals surface area contributed by atoms with Crippen molar-refractivity contribution in [1.82, 2.24) is 9.80 Å². The molecule has 1 aromatic carbocycles. The average Bonchev–Trinajstić information content (AvgIpc) is 3.59. The first-order valence-corrected chi connectivity index (χ1v) is 14.9. The van der Waals surface area contributed by atoms with Crippen LogP contribution in [0, 0.1) is 12.7 Å². The monoisotopic (exact) mass is 542 g/mol. The van der Waals surface area contributed by atoms with Gasteiger partial charge < -0.3 is 19.0 Å². The lowest BCUT2D eigenvalue weighted by Gasteiger charge is -2.29. The highest BCUT2D eigenvalue weighted by molar-refractivity contribution is 5.85. The van der Waals surface area contributed by atoms with E-state index in [2.05, 4.69) is 6.92 Å². The molecule has 0 spiro atoms. The average molecular weight is 543 g/mol. The first kappa shape index (κ1) is 30.9. The topological polar surface area (TPSA) is 63.0 Å². The van der Waals surface area contributed by atoms with Crippen molar-refractivity contribution < 1.29 is 23.1 Å². The Balaban J connectivity index is 1.58. The Hall–Kier alpha value is -2.67. The van der Waals surface area contributed by atoms with Crippen molar-refractivity contribution in [3.8, 4) is 0 Å². The molecule has 0 unspecified atom stereocenters. The van der Waals surface area contributed by atoms with E-state index in [0.29, 0.717) is 31.9 Å². The summed E-state index contributed by atoms with van der Waals surface area (Å²) < 4.78 is 25.0. The third-order valence-corrected chi connectivity index (χ3v) is 7.40. The van der Waals surface area contributed by atoms with Crippen LogP contribution in [0.4, 0.5) is 4.39 Å². The minimum absolute atomic E-state index is 0.00297. The highest BCUT2D eigenvalue weighted by atomic mass is 19.1. The molecule has 1 atom stereocenters. The summed E-state index contributed by atoms with van der Waals surface area (Å²) in [6, 6.07) is 9.89. The second kappa shape index (κ2) is 17.1. The predicted molar refractivity (Wildman–Crippen MR) is 151 cm³/mol. The molecule has 1 aromatic heterocycles. The van der Waals surface area contributed by atoms with Crippen molar-refractivity contribution >= 4 is 11.8 Å². The number of furan rings is 1. The van der Waals surface area contributed by atoms with Gasteiger partial charge in [0.15, 0.2) is 0 Å². The van der Waals surface area contributed by atoms with Crippen LogP contribution in [-0.2, 0) is 27.4 Å². The van der Waals surface area contributed by atoms with Gasteiger partial charge in [0.1, 0.15) is 17.3 Å². The number of rotatable bonds is 18. The van der Waals surface area contributed by atoms with Gasteiger partial charge in [0, 0.05) is 26.1 Å². The number of ether oxygens (including phenoxy) is 1. The zero-order valence-electron chi connectivity index (χ0n) is 24.0. The number of amides is 2. The Morgan fingerprint density at radius 2 is 1.56 bits per heavy atom. The van der Waals surface area contributed by atoms with Gasteiger partial charge in [0.25, 0.3) is 0 Å². The number of carbonyl (C=O) groups is 2. The molecule has 0 bridgehead atoms. The standard InChI is InChI=1S/C32H47FN2O4/c1-3-4-5-6-7-8-9-10-11-14-31(36)35(23-29-13-12-21-38-29)25-32(37)34(24-30-20-15-26(2)39-30)22-27-16-18-28(33)19-17-27/h15-20,29H,3-14,21-25H2,1-2H3/t29-/m1/s1. The van der Waals surface area contributed by atoms with E-state index in [-0.39, 0.29) is 36.8 Å². The molecule has 0 aliphatic carbocycles. The number of unbranched alkanes of at least 4 members (excludes halogenated alkanes) is 8.